The lowest BCUT2D eigenvalue weighted by Gasteiger charge is -2.03. The maximum Gasteiger partial charge on any atom is 0.406 e. The second-order valence-corrected chi connectivity index (χ2v) is 6.99. The van der Waals surface area contributed by atoms with Crippen LogP contribution in [0.2, 0.25) is 0 Å². The highest BCUT2D eigenvalue weighted by Crippen LogP contribution is 2.31. The SMILES string of the molecule is COC(=O)NCCc1cn(-c2c[nH]c3ccccc23)c2ccc(Br)cc12. The van der Waals surface area contributed by atoms with Crippen molar-refractivity contribution in [1.82, 2.24) is 14.9 Å². The van der Waals surface area contributed by atoms with E-state index in [1.807, 2.05) is 24.4 Å². The number of carbonyl (C=O) groups excluding carboxylic acids is 1. The average Bonchev–Trinajstić information content (AvgIpc) is 3.23. The van der Waals surface area contributed by atoms with Gasteiger partial charge in [-0.2, -0.15) is 0 Å². The van der Waals surface area contributed by atoms with Gasteiger partial charge in [0.15, 0.2) is 0 Å². The number of rotatable bonds is 4. The Morgan fingerprint density at radius 1 is 1.23 bits per heavy atom. The van der Waals surface area contributed by atoms with E-state index in [2.05, 4.69) is 66.0 Å². The fourth-order valence-electron chi connectivity index (χ4n) is 3.30. The third-order valence-electron chi connectivity index (χ3n) is 4.53. The Kier molecular flexibility index (Phi) is 4.42. The number of methoxy groups -OCH3 is 1. The second-order valence-electron chi connectivity index (χ2n) is 6.07. The van der Waals surface area contributed by atoms with Crippen LogP contribution in [0.4, 0.5) is 4.79 Å². The number of aromatic nitrogens is 2. The molecule has 0 radical (unpaired) electrons. The molecule has 0 aliphatic carbocycles. The maximum absolute atomic E-state index is 11.3. The van der Waals surface area contributed by atoms with Crippen LogP contribution in [0, 0.1) is 0 Å². The topological polar surface area (TPSA) is 59.0 Å². The highest BCUT2D eigenvalue weighted by molar-refractivity contribution is 9.10. The number of amides is 1. The number of H-pyrrole nitrogens is 1. The minimum Gasteiger partial charge on any atom is -0.453 e. The van der Waals surface area contributed by atoms with Gasteiger partial charge in [-0.25, -0.2) is 4.79 Å². The molecule has 0 aliphatic heterocycles. The Labute approximate surface area is 159 Å². The number of hydrogen-bond donors (Lipinski definition) is 2. The van der Waals surface area contributed by atoms with Crippen molar-refractivity contribution in [2.45, 2.75) is 6.42 Å². The number of nitrogens with zero attached hydrogens (tertiary/aromatic N) is 1. The van der Waals surface area contributed by atoms with Crippen LogP contribution in [-0.2, 0) is 11.2 Å². The number of benzene rings is 2. The van der Waals surface area contributed by atoms with Crippen LogP contribution in [0.1, 0.15) is 5.56 Å². The first-order chi connectivity index (χ1) is 12.7. The Bertz CT molecular complexity index is 1100. The summed E-state index contributed by atoms with van der Waals surface area (Å²) < 4.78 is 7.87. The summed E-state index contributed by atoms with van der Waals surface area (Å²) in [6, 6.07) is 14.5. The maximum atomic E-state index is 11.3. The predicted octanol–water partition coefficient (Wildman–Crippen LogP) is 4.77. The fourth-order valence-corrected chi connectivity index (χ4v) is 3.66. The summed E-state index contributed by atoms with van der Waals surface area (Å²) in [4.78, 5) is 14.6. The van der Waals surface area contributed by atoms with E-state index in [-0.39, 0.29) is 0 Å². The number of fused-ring (bicyclic) bond motifs is 2. The number of aromatic amines is 1. The molecule has 0 aliphatic rings. The molecule has 1 amide bonds. The van der Waals surface area contributed by atoms with Crippen LogP contribution in [-0.4, -0.2) is 29.3 Å². The molecular formula is C20H18BrN3O2. The van der Waals surface area contributed by atoms with Gasteiger partial charge in [-0.15, -0.1) is 0 Å². The third-order valence-corrected chi connectivity index (χ3v) is 5.02. The Morgan fingerprint density at radius 3 is 2.92 bits per heavy atom. The minimum atomic E-state index is -0.411. The molecule has 4 aromatic rings. The van der Waals surface area contributed by atoms with Gasteiger partial charge in [-0.1, -0.05) is 34.1 Å². The van der Waals surface area contributed by atoms with Gasteiger partial charge >= 0.3 is 6.09 Å². The van der Waals surface area contributed by atoms with E-state index >= 15 is 0 Å². The number of nitrogens with one attached hydrogen (secondary N) is 2. The van der Waals surface area contributed by atoms with Crippen LogP contribution < -0.4 is 5.32 Å². The number of ether oxygens (including phenoxy) is 1. The quantitative estimate of drug-likeness (QED) is 0.507. The van der Waals surface area contributed by atoms with Gasteiger partial charge < -0.3 is 19.6 Å². The number of carbonyl (C=O) groups is 1. The van der Waals surface area contributed by atoms with E-state index < -0.39 is 6.09 Å². The van der Waals surface area contributed by atoms with Gasteiger partial charge in [0.2, 0.25) is 0 Å². The molecule has 5 nitrogen and oxygen atoms in total. The minimum absolute atomic E-state index is 0.411. The first-order valence-electron chi connectivity index (χ1n) is 8.35. The molecule has 2 aromatic carbocycles. The summed E-state index contributed by atoms with van der Waals surface area (Å²) in [7, 11) is 1.37. The van der Waals surface area contributed by atoms with Gasteiger partial charge in [-0.05, 0) is 36.2 Å². The molecule has 132 valence electrons. The van der Waals surface area contributed by atoms with E-state index in [4.69, 9.17) is 0 Å². The van der Waals surface area contributed by atoms with Gasteiger partial charge in [0, 0.05) is 39.7 Å². The highest BCUT2D eigenvalue weighted by atomic mass is 79.9. The molecule has 2 heterocycles. The van der Waals surface area contributed by atoms with Crippen molar-refractivity contribution < 1.29 is 9.53 Å². The molecule has 0 spiro atoms. The number of halogens is 1. The van der Waals surface area contributed by atoms with Gasteiger partial charge in [0.05, 0.1) is 18.3 Å². The van der Waals surface area contributed by atoms with Crippen LogP contribution in [0.25, 0.3) is 27.5 Å². The van der Waals surface area contributed by atoms with E-state index in [1.54, 1.807) is 0 Å². The summed E-state index contributed by atoms with van der Waals surface area (Å²) in [5, 5.41) is 5.08. The van der Waals surface area contributed by atoms with E-state index in [0.717, 1.165) is 33.0 Å². The molecule has 0 saturated heterocycles. The molecule has 0 unspecified atom stereocenters. The summed E-state index contributed by atoms with van der Waals surface area (Å²) in [5.41, 5.74) is 4.52. The largest absolute Gasteiger partial charge is 0.453 e. The van der Waals surface area contributed by atoms with E-state index in [0.29, 0.717) is 6.54 Å². The van der Waals surface area contributed by atoms with E-state index in [9.17, 15) is 4.79 Å². The van der Waals surface area contributed by atoms with Crippen LogP contribution in [0.3, 0.4) is 0 Å². The lowest BCUT2D eigenvalue weighted by atomic mass is 10.1. The predicted molar refractivity (Wildman–Crippen MR) is 107 cm³/mol. The standard InChI is InChI=1S/C20H18BrN3O2/c1-26-20(25)22-9-8-13-12-24(18-7-6-14(21)10-16(13)18)19-11-23-17-5-3-2-4-15(17)19/h2-7,10-12,23H,8-9H2,1H3,(H,22,25). The lowest BCUT2D eigenvalue weighted by Crippen LogP contribution is -2.25. The zero-order chi connectivity index (χ0) is 18.1. The van der Waals surface area contributed by atoms with Crippen molar-refractivity contribution in [3.8, 4) is 5.69 Å². The van der Waals surface area contributed by atoms with Crippen molar-refractivity contribution >= 4 is 43.8 Å². The summed E-state index contributed by atoms with van der Waals surface area (Å²) in [6.07, 6.45) is 4.48. The monoisotopic (exact) mass is 411 g/mol. The molecular weight excluding hydrogens is 394 g/mol. The molecule has 2 N–H and O–H groups in total. The van der Waals surface area contributed by atoms with Gasteiger partial charge in [0.1, 0.15) is 0 Å². The van der Waals surface area contributed by atoms with Crippen molar-refractivity contribution in [3.63, 3.8) is 0 Å². The first kappa shape index (κ1) is 16.7. The van der Waals surface area contributed by atoms with Crippen molar-refractivity contribution in [3.05, 3.63) is 64.9 Å². The highest BCUT2D eigenvalue weighted by Gasteiger charge is 2.13. The molecule has 0 bridgehead atoms. The van der Waals surface area contributed by atoms with Crippen LogP contribution in [0.5, 0.6) is 0 Å². The van der Waals surface area contributed by atoms with Crippen LogP contribution >= 0.6 is 15.9 Å². The molecule has 4 rings (SSSR count). The molecule has 26 heavy (non-hydrogen) atoms. The molecule has 0 fully saturated rings. The smallest absolute Gasteiger partial charge is 0.406 e. The van der Waals surface area contributed by atoms with Crippen molar-refractivity contribution in [2.24, 2.45) is 0 Å². The zero-order valence-corrected chi connectivity index (χ0v) is 15.8. The molecule has 0 atom stereocenters. The van der Waals surface area contributed by atoms with E-state index in [1.165, 1.54) is 18.1 Å². The van der Waals surface area contributed by atoms with Crippen molar-refractivity contribution in [1.29, 1.82) is 0 Å². The number of para-hydroxylation sites is 1. The first-order valence-corrected chi connectivity index (χ1v) is 9.14. The Balaban J connectivity index is 1.79. The van der Waals surface area contributed by atoms with Gasteiger partial charge in [-0.3, -0.25) is 0 Å². The number of hydrogen-bond acceptors (Lipinski definition) is 2. The Morgan fingerprint density at radius 2 is 2.08 bits per heavy atom. The fraction of sp³-hybridized carbons (Fsp3) is 0.150. The zero-order valence-electron chi connectivity index (χ0n) is 14.3. The average molecular weight is 412 g/mol. The summed E-state index contributed by atoms with van der Waals surface area (Å²) in [5.74, 6) is 0. The lowest BCUT2D eigenvalue weighted by molar-refractivity contribution is 0.171. The third kappa shape index (κ3) is 2.97. The van der Waals surface area contributed by atoms with Crippen molar-refractivity contribution in [2.75, 3.05) is 13.7 Å². The van der Waals surface area contributed by atoms with Crippen LogP contribution in [0.15, 0.2) is 59.3 Å². The second kappa shape index (κ2) is 6.88. The molecule has 2 aromatic heterocycles. The normalized spacial score (nSPS) is 11.2. The number of alkyl carbamates (subject to hydrolysis) is 1. The van der Waals surface area contributed by atoms with Gasteiger partial charge in [0.25, 0.3) is 0 Å². The Hall–Kier alpha value is -2.73. The molecule has 0 saturated carbocycles. The summed E-state index contributed by atoms with van der Waals surface area (Å²) >= 11 is 3.56. The molecule has 6 heteroatoms. The summed E-state index contributed by atoms with van der Waals surface area (Å²) in [6.45, 7) is 0.520.